The number of para-hydroxylation sites is 1. The lowest BCUT2D eigenvalue weighted by molar-refractivity contribution is -0.143. The lowest BCUT2D eigenvalue weighted by atomic mass is 9.98. The molecule has 1 saturated heterocycles. The van der Waals surface area contributed by atoms with Gasteiger partial charge in [-0.15, -0.1) is 0 Å². The Hall–Kier alpha value is -3.48. The fourth-order valence-electron chi connectivity index (χ4n) is 3.26. The van der Waals surface area contributed by atoms with Crippen LogP contribution in [0.5, 0.6) is 0 Å². The summed E-state index contributed by atoms with van der Waals surface area (Å²) >= 11 is 0. The van der Waals surface area contributed by atoms with E-state index in [0.717, 1.165) is 21.6 Å². The van der Waals surface area contributed by atoms with Crippen molar-refractivity contribution in [1.82, 2.24) is 9.80 Å². The molecule has 1 aliphatic rings. The third kappa shape index (κ3) is 4.18. The summed E-state index contributed by atoms with van der Waals surface area (Å²) in [5, 5.41) is 2.79. The van der Waals surface area contributed by atoms with Gasteiger partial charge < -0.3 is 5.32 Å². The number of nitrogens with one attached hydrogen (secondary N) is 1. The van der Waals surface area contributed by atoms with E-state index in [1.165, 1.54) is 0 Å². The van der Waals surface area contributed by atoms with E-state index >= 15 is 0 Å². The van der Waals surface area contributed by atoms with Crippen LogP contribution in [-0.4, -0.2) is 40.1 Å². The minimum atomic E-state index is -0.991. The molecule has 0 bridgehead atoms. The summed E-state index contributed by atoms with van der Waals surface area (Å²) < 4.78 is 0. The van der Waals surface area contributed by atoms with Gasteiger partial charge in [0.15, 0.2) is 0 Å². The van der Waals surface area contributed by atoms with E-state index in [-0.39, 0.29) is 12.5 Å². The summed E-state index contributed by atoms with van der Waals surface area (Å²) in [6.07, 6.45) is 0. The van der Waals surface area contributed by atoms with Crippen molar-refractivity contribution in [3.63, 3.8) is 0 Å². The predicted molar refractivity (Wildman–Crippen MR) is 108 cm³/mol. The monoisotopic (exact) mass is 393 g/mol. The molecule has 3 rings (SSSR count). The molecule has 1 N–H and O–H groups in total. The first-order valence-corrected chi connectivity index (χ1v) is 9.40. The van der Waals surface area contributed by atoms with Crippen molar-refractivity contribution >= 4 is 29.4 Å². The van der Waals surface area contributed by atoms with Crippen LogP contribution in [0.25, 0.3) is 0 Å². The van der Waals surface area contributed by atoms with Gasteiger partial charge in [-0.1, -0.05) is 62.4 Å². The molecule has 0 spiro atoms. The third-order valence-electron chi connectivity index (χ3n) is 4.81. The second-order valence-corrected chi connectivity index (χ2v) is 7.29. The second-order valence-electron chi connectivity index (χ2n) is 7.29. The highest BCUT2D eigenvalue weighted by Gasteiger charge is 2.45. The van der Waals surface area contributed by atoms with Crippen LogP contribution < -0.4 is 5.32 Å². The molecule has 150 valence electrons. The number of benzene rings is 2. The Labute approximate surface area is 169 Å². The Kier molecular flexibility index (Phi) is 5.77. The number of carbonyl (C=O) groups is 4. The van der Waals surface area contributed by atoms with Crippen LogP contribution in [0.2, 0.25) is 0 Å². The minimum Gasteiger partial charge on any atom is -0.324 e. The average Bonchev–Trinajstić information content (AvgIpc) is 2.88. The zero-order chi connectivity index (χ0) is 21.1. The van der Waals surface area contributed by atoms with Crippen molar-refractivity contribution in [1.29, 1.82) is 0 Å². The lowest BCUT2D eigenvalue weighted by Crippen LogP contribution is -2.39. The maximum atomic E-state index is 12.6. The first-order valence-electron chi connectivity index (χ1n) is 9.40. The molecule has 1 heterocycles. The van der Waals surface area contributed by atoms with Crippen molar-refractivity contribution in [3.8, 4) is 0 Å². The Balaban J connectivity index is 1.73. The molecular weight excluding hydrogens is 370 g/mol. The summed E-state index contributed by atoms with van der Waals surface area (Å²) in [5.41, 5.74) is 3.22. The molecule has 0 unspecified atom stereocenters. The topological polar surface area (TPSA) is 86.8 Å². The van der Waals surface area contributed by atoms with E-state index in [1.54, 1.807) is 24.3 Å². The van der Waals surface area contributed by atoms with E-state index in [0.29, 0.717) is 10.6 Å². The van der Waals surface area contributed by atoms with Gasteiger partial charge in [-0.3, -0.25) is 19.3 Å². The second kappa shape index (κ2) is 8.26. The predicted octanol–water partition coefficient (Wildman–Crippen LogP) is 3.05. The number of hydrogen-bond donors (Lipinski definition) is 1. The smallest absolute Gasteiger partial charge is 0.324 e. The molecule has 1 aliphatic heterocycles. The number of nitrogens with zero attached hydrogens (tertiary/aromatic N) is 2. The Morgan fingerprint density at radius 3 is 2.24 bits per heavy atom. The van der Waals surface area contributed by atoms with Crippen molar-refractivity contribution in [2.75, 3.05) is 11.9 Å². The molecule has 0 aromatic heterocycles. The van der Waals surface area contributed by atoms with Gasteiger partial charge >= 0.3 is 17.8 Å². The van der Waals surface area contributed by atoms with Crippen LogP contribution in [0.1, 0.15) is 36.5 Å². The summed E-state index contributed by atoms with van der Waals surface area (Å²) in [7, 11) is 0. The Bertz CT molecular complexity index is 969. The van der Waals surface area contributed by atoms with Gasteiger partial charge in [0.2, 0.25) is 5.91 Å². The first-order chi connectivity index (χ1) is 13.8. The van der Waals surface area contributed by atoms with Crippen LogP contribution in [0.15, 0.2) is 48.5 Å². The molecule has 7 heteroatoms. The van der Waals surface area contributed by atoms with Crippen LogP contribution in [-0.2, 0) is 20.9 Å². The summed E-state index contributed by atoms with van der Waals surface area (Å²) in [5.74, 6) is -2.26. The number of imide groups is 2. The lowest BCUT2D eigenvalue weighted by Gasteiger charge is -2.18. The molecule has 0 radical (unpaired) electrons. The maximum absolute atomic E-state index is 12.6. The summed E-state index contributed by atoms with van der Waals surface area (Å²) in [4.78, 5) is 51.2. The zero-order valence-electron chi connectivity index (χ0n) is 16.6. The molecule has 2 aromatic rings. The molecule has 29 heavy (non-hydrogen) atoms. The normalized spacial score (nSPS) is 14.1. The highest BCUT2D eigenvalue weighted by molar-refractivity contribution is 6.45. The van der Waals surface area contributed by atoms with Crippen molar-refractivity contribution < 1.29 is 19.2 Å². The minimum absolute atomic E-state index is 0.0162. The van der Waals surface area contributed by atoms with Crippen LogP contribution in [0, 0.1) is 6.92 Å². The Morgan fingerprint density at radius 2 is 1.59 bits per heavy atom. The molecule has 1 fully saturated rings. The average molecular weight is 393 g/mol. The molecule has 0 aliphatic carbocycles. The number of rotatable bonds is 6. The molecule has 5 amide bonds. The fraction of sp³-hybridized carbons (Fsp3) is 0.273. The quantitative estimate of drug-likeness (QED) is 0.604. The number of amides is 5. The Morgan fingerprint density at radius 1 is 0.931 bits per heavy atom. The SMILES string of the molecule is Cc1cccc(C(C)C)c1NC(=O)CN1C(=O)C(=O)N(Cc2ccccc2)C1=O. The third-order valence-corrected chi connectivity index (χ3v) is 4.81. The van der Waals surface area contributed by atoms with Crippen LogP contribution >= 0.6 is 0 Å². The van der Waals surface area contributed by atoms with Gasteiger partial charge in [-0.05, 0) is 29.5 Å². The van der Waals surface area contributed by atoms with E-state index < -0.39 is 30.3 Å². The van der Waals surface area contributed by atoms with Gasteiger partial charge in [-0.2, -0.15) is 0 Å². The van der Waals surface area contributed by atoms with E-state index in [4.69, 9.17) is 0 Å². The number of hydrogen-bond acceptors (Lipinski definition) is 4. The van der Waals surface area contributed by atoms with Gasteiger partial charge in [0.05, 0.1) is 6.54 Å². The highest BCUT2D eigenvalue weighted by Crippen LogP contribution is 2.27. The number of carbonyl (C=O) groups excluding carboxylic acids is 4. The molecule has 7 nitrogen and oxygen atoms in total. The molecular formula is C22H23N3O4. The van der Waals surface area contributed by atoms with Gasteiger partial charge in [0.1, 0.15) is 6.54 Å². The van der Waals surface area contributed by atoms with Crippen molar-refractivity contribution in [2.24, 2.45) is 0 Å². The zero-order valence-corrected chi connectivity index (χ0v) is 16.6. The van der Waals surface area contributed by atoms with Gasteiger partial charge in [0.25, 0.3) is 0 Å². The standard InChI is InChI=1S/C22H23N3O4/c1-14(2)17-11-7-8-15(3)19(17)23-18(26)13-25-21(28)20(27)24(22(25)29)12-16-9-5-4-6-10-16/h4-11,14H,12-13H2,1-3H3,(H,23,26). The fourth-order valence-corrected chi connectivity index (χ4v) is 3.26. The summed E-state index contributed by atoms with van der Waals surface area (Å²) in [6, 6.07) is 13.8. The van der Waals surface area contributed by atoms with Crippen molar-refractivity contribution in [2.45, 2.75) is 33.2 Å². The van der Waals surface area contributed by atoms with Gasteiger partial charge in [0, 0.05) is 5.69 Å². The van der Waals surface area contributed by atoms with E-state index in [9.17, 15) is 19.2 Å². The molecule has 0 saturated carbocycles. The number of anilines is 1. The summed E-state index contributed by atoms with van der Waals surface area (Å²) in [6.45, 7) is 5.37. The van der Waals surface area contributed by atoms with Crippen molar-refractivity contribution in [3.05, 3.63) is 65.2 Å². The highest BCUT2D eigenvalue weighted by atomic mass is 16.2. The maximum Gasteiger partial charge on any atom is 0.335 e. The molecule has 0 atom stereocenters. The van der Waals surface area contributed by atoms with Crippen LogP contribution in [0.3, 0.4) is 0 Å². The number of urea groups is 1. The van der Waals surface area contributed by atoms with Crippen LogP contribution in [0.4, 0.5) is 10.5 Å². The first kappa shape index (κ1) is 20.3. The largest absolute Gasteiger partial charge is 0.335 e. The van der Waals surface area contributed by atoms with E-state index in [2.05, 4.69) is 5.32 Å². The number of aryl methyl sites for hydroxylation is 1. The van der Waals surface area contributed by atoms with Gasteiger partial charge in [-0.25, -0.2) is 9.69 Å². The molecule has 2 aromatic carbocycles. The van der Waals surface area contributed by atoms with E-state index in [1.807, 2.05) is 45.0 Å².